The van der Waals surface area contributed by atoms with Crippen molar-refractivity contribution in [1.82, 2.24) is 0 Å². The molecule has 2 heteroatoms. The molecule has 0 saturated heterocycles. The minimum Gasteiger partial charge on any atom is -0.387 e. The van der Waals surface area contributed by atoms with E-state index in [1.165, 1.54) is 0 Å². The molecule has 0 radical (unpaired) electrons. The Morgan fingerprint density at radius 3 is 2.73 bits per heavy atom. The van der Waals surface area contributed by atoms with Crippen LogP contribution in [0.25, 0.3) is 0 Å². The summed E-state index contributed by atoms with van der Waals surface area (Å²) in [5, 5.41) is 9.52. The molecule has 0 amide bonds. The summed E-state index contributed by atoms with van der Waals surface area (Å²) in [5.74, 6) is 0.253. The van der Waals surface area contributed by atoms with Crippen molar-refractivity contribution in [2.75, 3.05) is 0 Å². The average Bonchev–Trinajstić information content (AvgIpc) is 2.28. The molecule has 1 aliphatic carbocycles. The maximum absolute atomic E-state index is 9.52. The zero-order valence-corrected chi connectivity index (χ0v) is 6.75. The van der Waals surface area contributed by atoms with Gasteiger partial charge in [-0.05, 0) is 24.6 Å². The van der Waals surface area contributed by atoms with Gasteiger partial charge in [-0.25, -0.2) is 0 Å². The average molecular weight is 151 g/mol. The van der Waals surface area contributed by atoms with Crippen molar-refractivity contribution in [1.29, 1.82) is 0 Å². The number of aliphatic hydroxyl groups excluding tert-OH is 1. The molecule has 0 saturated carbocycles. The van der Waals surface area contributed by atoms with E-state index < -0.39 is 6.10 Å². The van der Waals surface area contributed by atoms with Crippen LogP contribution in [0.15, 0.2) is 28.9 Å². The van der Waals surface area contributed by atoms with Crippen molar-refractivity contribution < 1.29 is 5.11 Å². The van der Waals surface area contributed by atoms with Crippen molar-refractivity contribution in [2.45, 2.75) is 19.4 Å². The van der Waals surface area contributed by atoms with Gasteiger partial charge in [-0.3, -0.25) is 4.99 Å². The van der Waals surface area contributed by atoms with Crippen LogP contribution in [0.1, 0.15) is 13.3 Å². The number of aliphatic imine (C=N–C) groups is 1. The Balaban J connectivity index is 2.94. The third-order valence-electron chi connectivity index (χ3n) is 2.11. The highest BCUT2D eigenvalue weighted by atomic mass is 16.3. The van der Waals surface area contributed by atoms with E-state index in [0.29, 0.717) is 5.70 Å². The molecule has 0 fully saturated rings. The minimum absolute atomic E-state index is 0.253. The van der Waals surface area contributed by atoms with Crippen LogP contribution in [0.4, 0.5) is 0 Å². The lowest BCUT2D eigenvalue weighted by Crippen LogP contribution is -2.12. The standard InChI is InChI=1S/C9H13NO/c1-4-7-5-6(2)9(11)8(7)10-3/h4,6,9,11H,1,3,5H2,2H3. The van der Waals surface area contributed by atoms with Crippen molar-refractivity contribution in [3.8, 4) is 0 Å². The lowest BCUT2D eigenvalue weighted by atomic mass is 10.1. The van der Waals surface area contributed by atoms with E-state index >= 15 is 0 Å². The fraction of sp³-hybridized carbons (Fsp3) is 0.444. The molecule has 1 rings (SSSR count). The van der Waals surface area contributed by atoms with E-state index in [4.69, 9.17) is 0 Å². The molecule has 0 aromatic carbocycles. The quantitative estimate of drug-likeness (QED) is 0.596. The van der Waals surface area contributed by atoms with E-state index in [1.807, 2.05) is 6.92 Å². The predicted octanol–water partition coefficient (Wildman–Crippen LogP) is 1.53. The Kier molecular flexibility index (Phi) is 2.25. The van der Waals surface area contributed by atoms with Crippen LogP contribution in [0, 0.1) is 5.92 Å². The Bertz CT molecular complexity index is 218. The molecule has 0 bridgehead atoms. The second-order valence-corrected chi connectivity index (χ2v) is 2.90. The van der Waals surface area contributed by atoms with Crippen LogP contribution in [0.2, 0.25) is 0 Å². The second kappa shape index (κ2) is 3.01. The lowest BCUT2D eigenvalue weighted by molar-refractivity contribution is 0.164. The van der Waals surface area contributed by atoms with Crippen molar-refractivity contribution in [2.24, 2.45) is 10.9 Å². The number of allylic oxidation sites excluding steroid dienone is 2. The summed E-state index contributed by atoms with van der Waals surface area (Å²) in [6.07, 6.45) is 2.16. The number of rotatable bonds is 2. The largest absolute Gasteiger partial charge is 0.387 e. The first-order chi connectivity index (χ1) is 5.20. The van der Waals surface area contributed by atoms with Crippen LogP contribution in [-0.2, 0) is 0 Å². The fourth-order valence-electron chi connectivity index (χ4n) is 1.41. The van der Waals surface area contributed by atoms with Crippen molar-refractivity contribution in [3.63, 3.8) is 0 Å². The van der Waals surface area contributed by atoms with Gasteiger partial charge < -0.3 is 5.11 Å². The molecule has 1 aliphatic rings. The number of hydrogen-bond acceptors (Lipinski definition) is 2. The molecule has 0 aliphatic heterocycles. The van der Waals surface area contributed by atoms with Crippen molar-refractivity contribution in [3.05, 3.63) is 23.9 Å². The van der Waals surface area contributed by atoms with Gasteiger partial charge in [-0.2, -0.15) is 0 Å². The predicted molar refractivity (Wildman–Crippen MR) is 46.6 cm³/mol. The molecule has 0 aromatic rings. The second-order valence-electron chi connectivity index (χ2n) is 2.90. The van der Waals surface area contributed by atoms with Gasteiger partial charge >= 0.3 is 0 Å². The van der Waals surface area contributed by atoms with E-state index in [9.17, 15) is 5.11 Å². The van der Waals surface area contributed by atoms with Gasteiger partial charge in [0.2, 0.25) is 0 Å². The third-order valence-corrected chi connectivity index (χ3v) is 2.11. The van der Waals surface area contributed by atoms with Crippen molar-refractivity contribution >= 4 is 6.72 Å². The van der Waals surface area contributed by atoms with Crippen LogP contribution in [-0.4, -0.2) is 17.9 Å². The maximum Gasteiger partial charge on any atom is 0.0990 e. The van der Waals surface area contributed by atoms with Gasteiger partial charge in [0.15, 0.2) is 0 Å². The normalized spacial score (nSPS) is 30.7. The third kappa shape index (κ3) is 1.26. The van der Waals surface area contributed by atoms with Crippen LogP contribution >= 0.6 is 0 Å². The highest BCUT2D eigenvalue weighted by Gasteiger charge is 2.27. The topological polar surface area (TPSA) is 32.6 Å². The van der Waals surface area contributed by atoms with Gasteiger partial charge in [0, 0.05) is 0 Å². The first-order valence-electron chi connectivity index (χ1n) is 3.71. The molecule has 2 atom stereocenters. The molecule has 1 N–H and O–H groups in total. The summed E-state index contributed by atoms with van der Waals surface area (Å²) in [4.78, 5) is 3.78. The summed E-state index contributed by atoms with van der Waals surface area (Å²) in [6, 6.07) is 0. The maximum atomic E-state index is 9.52. The smallest absolute Gasteiger partial charge is 0.0990 e. The summed E-state index contributed by atoms with van der Waals surface area (Å²) < 4.78 is 0. The SMILES string of the molecule is C=CC1=C(N=C)C(O)C(C)C1. The summed E-state index contributed by atoms with van der Waals surface area (Å²) in [6.45, 7) is 9.06. The summed E-state index contributed by atoms with van der Waals surface area (Å²) >= 11 is 0. The van der Waals surface area contributed by atoms with Crippen LogP contribution in [0.5, 0.6) is 0 Å². The Morgan fingerprint density at radius 2 is 2.36 bits per heavy atom. The van der Waals surface area contributed by atoms with Gasteiger partial charge in [-0.15, -0.1) is 0 Å². The number of nitrogens with zero attached hydrogens (tertiary/aromatic N) is 1. The Morgan fingerprint density at radius 1 is 1.73 bits per heavy atom. The zero-order chi connectivity index (χ0) is 8.43. The lowest BCUT2D eigenvalue weighted by Gasteiger charge is -2.08. The Labute approximate surface area is 67.0 Å². The molecule has 60 valence electrons. The molecule has 0 spiro atoms. The van der Waals surface area contributed by atoms with E-state index in [-0.39, 0.29) is 5.92 Å². The fourth-order valence-corrected chi connectivity index (χ4v) is 1.41. The van der Waals surface area contributed by atoms with Gasteiger partial charge in [-0.1, -0.05) is 19.6 Å². The first-order valence-corrected chi connectivity index (χ1v) is 3.71. The van der Waals surface area contributed by atoms with E-state index in [0.717, 1.165) is 12.0 Å². The molecule has 0 heterocycles. The van der Waals surface area contributed by atoms with Crippen LogP contribution in [0.3, 0.4) is 0 Å². The number of aliphatic hydroxyl groups is 1. The van der Waals surface area contributed by atoms with Gasteiger partial charge in [0.25, 0.3) is 0 Å². The summed E-state index contributed by atoms with van der Waals surface area (Å²) in [5.41, 5.74) is 1.73. The summed E-state index contributed by atoms with van der Waals surface area (Å²) in [7, 11) is 0. The zero-order valence-electron chi connectivity index (χ0n) is 6.75. The molecule has 2 unspecified atom stereocenters. The number of hydrogen-bond donors (Lipinski definition) is 1. The highest BCUT2D eigenvalue weighted by Crippen LogP contribution is 2.32. The minimum atomic E-state index is -0.444. The molecule has 0 aromatic heterocycles. The molecule has 2 nitrogen and oxygen atoms in total. The van der Waals surface area contributed by atoms with Gasteiger partial charge in [0.1, 0.15) is 0 Å². The Hall–Kier alpha value is -0.890. The first kappa shape index (κ1) is 8.21. The van der Waals surface area contributed by atoms with E-state index in [2.05, 4.69) is 18.3 Å². The highest BCUT2D eigenvalue weighted by molar-refractivity contribution is 5.39. The molecular formula is C9H13NO. The molecule has 11 heavy (non-hydrogen) atoms. The van der Waals surface area contributed by atoms with Crippen LogP contribution < -0.4 is 0 Å². The monoisotopic (exact) mass is 151 g/mol. The van der Waals surface area contributed by atoms with Gasteiger partial charge in [0.05, 0.1) is 11.8 Å². The van der Waals surface area contributed by atoms with E-state index in [1.54, 1.807) is 6.08 Å². The molecular weight excluding hydrogens is 138 g/mol.